The summed E-state index contributed by atoms with van der Waals surface area (Å²) in [6.07, 6.45) is 9.47. The van der Waals surface area contributed by atoms with E-state index in [0.717, 1.165) is 17.3 Å². The molecular weight excluding hydrogens is 256 g/mol. The van der Waals surface area contributed by atoms with Gasteiger partial charge in [0.1, 0.15) is 0 Å². The first-order chi connectivity index (χ1) is 9.20. The van der Waals surface area contributed by atoms with Crippen molar-refractivity contribution >= 4 is 11.8 Å². The maximum atomic E-state index is 4.30. The summed E-state index contributed by atoms with van der Waals surface area (Å²) >= 11 is 1.56. The summed E-state index contributed by atoms with van der Waals surface area (Å²) in [5, 5.41) is 0.812. The number of pyridine rings is 1. The molecule has 0 aromatic carbocycles. The molecule has 0 bridgehead atoms. The van der Waals surface area contributed by atoms with E-state index in [1.54, 1.807) is 18.0 Å². The van der Waals surface area contributed by atoms with Crippen LogP contribution in [0.25, 0.3) is 0 Å². The third-order valence-electron chi connectivity index (χ3n) is 3.12. The summed E-state index contributed by atoms with van der Waals surface area (Å²) in [6, 6.07) is 4.38. The monoisotopic (exact) mass is 274 g/mol. The Morgan fingerprint density at radius 3 is 2.58 bits per heavy atom. The summed E-state index contributed by atoms with van der Waals surface area (Å²) < 4.78 is 0. The van der Waals surface area contributed by atoms with Gasteiger partial charge in [-0.05, 0) is 31.9 Å². The van der Waals surface area contributed by atoms with Crippen molar-refractivity contribution in [3.63, 3.8) is 0 Å². The highest BCUT2D eigenvalue weighted by atomic mass is 32.2. The summed E-state index contributed by atoms with van der Waals surface area (Å²) in [7, 11) is 2.10. The second-order valence-electron chi connectivity index (χ2n) is 4.46. The summed E-state index contributed by atoms with van der Waals surface area (Å²) in [6.45, 7) is 3.00. The Morgan fingerprint density at radius 2 is 2.00 bits per heavy atom. The second-order valence-corrected chi connectivity index (χ2v) is 5.23. The first kappa shape index (κ1) is 14.0. The highest BCUT2D eigenvalue weighted by Crippen LogP contribution is 2.19. The smallest absolute Gasteiger partial charge is 0.187 e. The van der Waals surface area contributed by atoms with Gasteiger partial charge in [-0.1, -0.05) is 17.8 Å². The molecule has 0 saturated carbocycles. The standard InChI is InChI=1S/C14H18N4S/c1-11(13-5-4-6-15-9-13)18(2)10-12-7-16-14(19-3)17-8-12/h4-9,11H,10H2,1-3H3/t11-/m0/s1. The summed E-state index contributed by atoms with van der Waals surface area (Å²) in [5.41, 5.74) is 2.34. The Morgan fingerprint density at radius 1 is 1.26 bits per heavy atom. The summed E-state index contributed by atoms with van der Waals surface area (Å²) in [5.74, 6) is 0. The van der Waals surface area contributed by atoms with Crippen molar-refractivity contribution in [3.8, 4) is 0 Å². The van der Waals surface area contributed by atoms with Crippen LogP contribution in [0.4, 0.5) is 0 Å². The van der Waals surface area contributed by atoms with Crippen molar-refractivity contribution in [2.24, 2.45) is 0 Å². The van der Waals surface area contributed by atoms with Crippen LogP contribution in [-0.4, -0.2) is 33.2 Å². The number of aromatic nitrogens is 3. The Bertz CT molecular complexity index is 501. The van der Waals surface area contributed by atoms with E-state index in [1.807, 2.05) is 30.9 Å². The van der Waals surface area contributed by atoms with Gasteiger partial charge in [-0.15, -0.1) is 0 Å². The van der Waals surface area contributed by atoms with Gasteiger partial charge in [0.25, 0.3) is 0 Å². The molecule has 0 fully saturated rings. The van der Waals surface area contributed by atoms with Crippen molar-refractivity contribution in [3.05, 3.63) is 48.0 Å². The molecule has 0 unspecified atom stereocenters. The highest BCUT2D eigenvalue weighted by Gasteiger charge is 2.12. The predicted molar refractivity (Wildman–Crippen MR) is 77.9 cm³/mol. The van der Waals surface area contributed by atoms with Gasteiger partial charge in [-0.25, -0.2) is 9.97 Å². The molecular formula is C14H18N4S. The van der Waals surface area contributed by atoms with Crippen LogP contribution in [0.5, 0.6) is 0 Å². The zero-order valence-electron chi connectivity index (χ0n) is 11.4. The van der Waals surface area contributed by atoms with Crippen LogP contribution in [0.2, 0.25) is 0 Å². The molecule has 0 aliphatic heterocycles. The molecule has 19 heavy (non-hydrogen) atoms. The van der Waals surface area contributed by atoms with Crippen molar-refractivity contribution < 1.29 is 0 Å². The quantitative estimate of drug-likeness (QED) is 0.619. The van der Waals surface area contributed by atoms with Crippen molar-refractivity contribution in [2.45, 2.75) is 24.7 Å². The third-order valence-corrected chi connectivity index (χ3v) is 3.70. The van der Waals surface area contributed by atoms with Crippen LogP contribution < -0.4 is 0 Å². The zero-order chi connectivity index (χ0) is 13.7. The Balaban J connectivity index is 2.01. The van der Waals surface area contributed by atoms with Crippen LogP contribution in [0.15, 0.2) is 42.1 Å². The van der Waals surface area contributed by atoms with E-state index >= 15 is 0 Å². The fourth-order valence-electron chi connectivity index (χ4n) is 1.83. The lowest BCUT2D eigenvalue weighted by molar-refractivity contribution is 0.252. The first-order valence-corrected chi connectivity index (χ1v) is 7.38. The Kier molecular flexibility index (Phi) is 4.87. The minimum Gasteiger partial charge on any atom is -0.295 e. The van der Waals surface area contributed by atoms with E-state index in [0.29, 0.717) is 6.04 Å². The molecule has 2 heterocycles. The van der Waals surface area contributed by atoms with Gasteiger partial charge >= 0.3 is 0 Å². The van der Waals surface area contributed by atoms with E-state index in [1.165, 1.54) is 5.56 Å². The van der Waals surface area contributed by atoms with Crippen LogP contribution in [0.1, 0.15) is 24.1 Å². The van der Waals surface area contributed by atoms with Gasteiger partial charge in [-0.2, -0.15) is 0 Å². The van der Waals surface area contributed by atoms with Crippen LogP contribution in [0.3, 0.4) is 0 Å². The number of nitrogens with zero attached hydrogens (tertiary/aromatic N) is 4. The average molecular weight is 274 g/mol. The SMILES string of the molecule is CSc1ncc(CN(C)[C@@H](C)c2cccnc2)cn1. The van der Waals surface area contributed by atoms with Gasteiger partial charge in [0.2, 0.25) is 0 Å². The van der Waals surface area contributed by atoms with E-state index < -0.39 is 0 Å². The molecule has 4 nitrogen and oxygen atoms in total. The summed E-state index contributed by atoms with van der Waals surface area (Å²) in [4.78, 5) is 15.0. The topological polar surface area (TPSA) is 41.9 Å². The van der Waals surface area contributed by atoms with Crippen LogP contribution in [0, 0.1) is 0 Å². The normalized spacial score (nSPS) is 12.6. The lowest BCUT2D eigenvalue weighted by Crippen LogP contribution is -2.22. The van der Waals surface area contributed by atoms with E-state index in [2.05, 4.69) is 39.9 Å². The molecule has 0 amide bonds. The van der Waals surface area contributed by atoms with Crippen LogP contribution in [-0.2, 0) is 6.54 Å². The van der Waals surface area contributed by atoms with Crippen molar-refractivity contribution in [2.75, 3.05) is 13.3 Å². The molecule has 0 radical (unpaired) electrons. The highest BCUT2D eigenvalue weighted by molar-refractivity contribution is 7.98. The van der Waals surface area contributed by atoms with Gasteiger partial charge in [0, 0.05) is 42.9 Å². The Labute approximate surface area is 118 Å². The molecule has 2 aromatic heterocycles. The molecule has 0 aliphatic carbocycles. The van der Waals surface area contributed by atoms with Crippen molar-refractivity contribution in [1.82, 2.24) is 19.9 Å². The maximum Gasteiger partial charge on any atom is 0.187 e. The van der Waals surface area contributed by atoms with Gasteiger partial charge in [0.15, 0.2) is 5.16 Å². The third kappa shape index (κ3) is 3.75. The maximum absolute atomic E-state index is 4.30. The second kappa shape index (κ2) is 6.63. The molecule has 0 aliphatic rings. The predicted octanol–water partition coefficient (Wildman–Crippen LogP) is 2.79. The minimum atomic E-state index is 0.314. The van der Waals surface area contributed by atoms with Gasteiger partial charge in [0.05, 0.1) is 0 Å². The zero-order valence-corrected chi connectivity index (χ0v) is 12.3. The number of rotatable bonds is 5. The van der Waals surface area contributed by atoms with Gasteiger partial charge < -0.3 is 0 Å². The van der Waals surface area contributed by atoms with E-state index in [9.17, 15) is 0 Å². The molecule has 2 aromatic rings. The largest absolute Gasteiger partial charge is 0.295 e. The molecule has 1 atom stereocenters. The minimum absolute atomic E-state index is 0.314. The molecule has 100 valence electrons. The number of hydrogen-bond acceptors (Lipinski definition) is 5. The van der Waals surface area contributed by atoms with E-state index in [4.69, 9.17) is 0 Å². The molecule has 5 heteroatoms. The van der Waals surface area contributed by atoms with Crippen molar-refractivity contribution in [1.29, 1.82) is 0 Å². The van der Waals surface area contributed by atoms with E-state index in [-0.39, 0.29) is 0 Å². The fourth-order valence-corrected chi connectivity index (χ4v) is 2.15. The molecule has 0 spiro atoms. The van der Waals surface area contributed by atoms with Crippen LogP contribution >= 0.6 is 11.8 Å². The lowest BCUT2D eigenvalue weighted by atomic mass is 10.1. The first-order valence-electron chi connectivity index (χ1n) is 6.15. The molecule has 2 rings (SSSR count). The fraction of sp³-hybridized carbons (Fsp3) is 0.357. The average Bonchev–Trinajstić information content (AvgIpc) is 2.48. The number of hydrogen-bond donors (Lipinski definition) is 0. The van der Waals surface area contributed by atoms with Gasteiger partial charge in [-0.3, -0.25) is 9.88 Å². The number of thioether (sulfide) groups is 1. The Hall–Kier alpha value is -1.46. The lowest BCUT2D eigenvalue weighted by Gasteiger charge is -2.24. The molecule has 0 N–H and O–H groups in total. The molecule has 0 saturated heterocycles.